The number of carboxylic acids is 2. The van der Waals surface area contributed by atoms with E-state index < -0.39 is 11.9 Å². The molecule has 0 radical (unpaired) electrons. The molecule has 8 heteroatoms. The van der Waals surface area contributed by atoms with Crippen molar-refractivity contribution in [1.29, 1.82) is 0 Å². The Hall–Kier alpha value is -2.77. The number of nitrogens with zero attached hydrogens (tertiary/aromatic N) is 4. The van der Waals surface area contributed by atoms with E-state index >= 15 is 0 Å². The van der Waals surface area contributed by atoms with Crippen LogP contribution in [-0.4, -0.2) is 42.4 Å². The van der Waals surface area contributed by atoms with Crippen molar-refractivity contribution in [1.82, 2.24) is 20.2 Å². The first-order valence-electron chi connectivity index (χ1n) is 5.35. The molecular weight excluding hydrogens is 252 g/mol. The number of benzene rings is 1. The molecule has 0 amide bonds. The molecule has 19 heavy (non-hydrogen) atoms. The second kappa shape index (κ2) is 5.25. The summed E-state index contributed by atoms with van der Waals surface area (Å²) in [6.07, 6.45) is -0.286. The molecule has 0 bridgehead atoms. The quantitative estimate of drug-likeness (QED) is 0.781. The average molecular weight is 262 g/mol. The van der Waals surface area contributed by atoms with Gasteiger partial charge in [-0.1, -0.05) is 12.1 Å². The van der Waals surface area contributed by atoms with Gasteiger partial charge in [-0.3, -0.25) is 4.79 Å². The minimum absolute atomic E-state index is 0.158. The van der Waals surface area contributed by atoms with E-state index in [1.807, 2.05) is 0 Å². The average Bonchev–Trinajstić information content (AvgIpc) is 2.76. The van der Waals surface area contributed by atoms with Gasteiger partial charge in [-0.15, -0.1) is 5.10 Å². The fourth-order valence-electron chi connectivity index (χ4n) is 1.58. The van der Waals surface area contributed by atoms with Crippen molar-refractivity contribution in [2.24, 2.45) is 0 Å². The lowest BCUT2D eigenvalue weighted by molar-refractivity contribution is -0.136. The molecular formula is C11H10N4O4. The number of carbonyl (C=O) groups is 2. The van der Waals surface area contributed by atoms with E-state index in [0.717, 1.165) is 0 Å². The zero-order valence-electron chi connectivity index (χ0n) is 9.72. The molecule has 2 aromatic rings. The predicted molar refractivity (Wildman–Crippen MR) is 61.7 cm³/mol. The van der Waals surface area contributed by atoms with Gasteiger partial charge in [0.25, 0.3) is 0 Å². The lowest BCUT2D eigenvalue weighted by Crippen LogP contribution is -2.12. The van der Waals surface area contributed by atoms with Crippen molar-refractivity contribution in [2.45, 2.75) is 13.0 Å². The highest BCUT2D eigenvalue weighted by Crippen LogP contribution is 2.08. The van der Waals surface area contributed by atoms with Crippen LogP contribution in [0.1, 0.15) is 21.7 Å². The summed E-state index contributed by atoms with van der Waals surface area (Å²) in [6, 6.07) is 6.30. The number of rotatable bonds is 5. The molecule has 1 aromatic heterocycles. The fourth-order valence-corrected chi connectivity index (χ4v) is 1.58. The van der Waals surface area contributed by atoms with Crippen LogP contribution in [0.2, 0.25) is 0 Å². The normalized spacial score (nSPS) is 10.3. The Labute approximate surface area is 107 Å². The summed E-state index contributed by atoms with van der Waals surface area (Å²) in [5, 5.41) is 28.3. The topological polar surface area (TPSA) is 118 Å². The maximum Gasteiger partial charge on any atom is 0.335 e. The minimum atomic E-state index is -1.03. The van der Waals surface area contributed by atoms with E-state index in [1.54, 1.807) is 12.1 Å². The molecule has 0 fully saturated rings. The van der Waals surface area contributed by atoms with E-state index in [2.05, 4.69) is 15.5 Å². The van der Waals surface area contributed by atoms with Crippen LogP contribution in [0.4, 0.5) is 0 Å². The Balaban J connectivity index is 2.21. The molecule has 2 N–H and O–H groups in total. The minimum Gasteiger partial charge on any atom is -0.481 e. The summed E-state index contributed by atoms with van der Waals surface area (Å²) in [5.41, 5.74) is 0.837. The lowest BCUT2D eigenvalue weighted by atomic mass is 10.1. The van der Waals surface area contributed by atoms with Crippen LogP contribution in [0.25, 0.3) is 0 Å². The van der Waals surface area contributed by atoms with Gasteiger partial charge < -0.3 is 10.2 Å². The molecule has 0 atom stereocenters. The van der Waals surface area contributed by atoms with Crippen LogP contribution in [0, 0.1) is 0 Å². The standard InChI is InChI=1S/C11H10N4O4/c16-10(17)5-9-12-13-14-15(9)6-7-2-1-3-8(4-7)11(18)19/h1-4H,5-6H2,(H,16,17)(H,18,19). The molecule has 8 nitrogen and oxygen atoms in total. The van der Waals surface area contributed by atoms with Gasteiger partial charge in [0.15, 0.2) is 5.82 Å². The molecule has 1 aromatic carbocycles. The van der Waals surface area contributed by atoms with Crippen LogP contribution >= 0.6 is 0 Å². The third kappa shape index (κ3) is 3.12. The van der Waals surface area contributed by atoms with Crippen molar-refractivity contribution < 1.29 is 19.8 Å². The fraction of sp³-hybridized carbons (Fsp3) is 0.182. The summed E-state index contributed by atoms with van der Waals surface area (Å²) >= 11 is 0. The van der Waals surface area contributed by atoms with Gasteiger partial charge in [-0.25, -0.2) is 9.48 Å². The molecule has 98 valence electrons. The van der Waals surface area contributed by atoms with Gasteiger partial charge in [-0.2, -0.15) is 0 Å². The van der Waals surface area contributed by atoms with Crippen LogP contribution in [0.5, 0.6) is 0 Å². The summed E-state index contributed by atoms with van der Waals surface area (Å²) in [4.78, 5) is 21.5. The number of aromatic carboxylic acids is 1. The number of tetrazole rings is 1. The molecule has 0 aliphatic rings. The van der Waals surface area contributed by atoms with E-state index in [0.29, 0.717) is 5.56 Å². The van der Waals surface area contributed by atoms with Crippen LogP contribution in [-0.2, 0) is 17.8 Å². The van der Waals surface area contributed by atoms with Crippen LogP contribution in [0.3, 0.4) is 0 Å². The van der Waals surface area contributed by atoms with E-state index in [-0.39, 0.29) is 24.4 Å². The van der Waals surface area contributed by atoms with Crippen molar-refractivity contribution in [3.63, 3.8) is 0 Å². The Morgan fingerprint density at radius 2 is 2.05 bits per heavy atom. The molecule has 0 spiro atoms. The van der Waals surface area contributed by atoms with Crippen LogP contribution < -0.4 is 0 Å². The maximum absolute atomic E-state index is 10.8. The van der Waals surface area contributed by atoms with E-state index in [4.69, 9.17) is 10.2 Å². The van der Waals surface area contributed by atoms with Gasteiger partial charge in [0, 0.05) is 0 Å². The third-order valence-corrected chi connectivity index (χ3v) is 2.42. The smallest absolute Gasteiger partial charge is 0.335 e. The monoisotopic (exact) mass is 262 g/mol. The zero-order valence-corrected chi connectivity index (χ0v) is 9.72. The number of aliphatic carboxylic acids is 1. The zero-order chi connectivity index (χ0) is 13.8. The summed E-state index contributed by atoms with van der Waals surface area (Å²) in [7, 11) is 0. The Bertz CT molecular complexity index is 623. The molecule has 0 aliphatic heterocycles. The largest absolute Gasteiger partial charge is 0.481 e. The Morgan fingerprint density at radius 1 is 1.26 bits per heavy atom. The van der Waals surface area contributed by atoms with Crippen molar-refractivity contribution in [2.75, 3.05) is 0 Å². The molecule has 0 unspecified atom stereocenters. The second-order valence-electron chi connectivity index (χ2n) is 3.83. The molecule has 2 rings (SSSR count). The lowest BCUT2D eigenvalue weighted by Gasteiger charge is -2.04. The highest BCUT2D eigenvalue weighted by molar-refractivity contribution is 5.87. The Morgan fingerprint density at radius 3 is 2.74 bits per heavy atom. The molecule has 0 saturated heterocycles. The molecule has 0 aliphatic carbocycles. The SMILES string of the molecule is O=C(O)Cc1nnnn1Cc1cccc(C(=O)O)c1. The molecule has 1 heterocycles. The third-order valence-electron chi connectivity index (χ3n) is 2.42. The Kier molecular flexibility index (Phi) is 3.51. The second-order valence-corrected chi connectivity index (χ2v) is 3.83. The summed E-state index contributed by atoms with van der Waals surface area (Å²) in [5.74, 6) is -1.84. The van der Waals surface area contributed by atoms with Crippen molar-refractivity contribution >= 4 is 11.9 Å². The summed E-state index contributed by atoms with van der Waals surface area (Å²) in [6.45, 7) is 0.219. The van der Waals surface area contributed by atoms with Gasteiger partial charge in [-0.05, 0) is 28.1 Å². The first-order valence-corrected chi connectivity index (χ1v) is 5.35. The number of hydrogen-bond acceptors (Lipinski definition) is 5. The maximum atomic E-state index is 10.8. The summed E-state index contributed by atoms with van der Waals surface area (Å²) < 4.78 is 1.33. The van der Waals surface area contributed by atoms with Crippen molar-refractivity contribution in [3.8, 4) is 0 Å². The number of carboxylic acid groups (broad SMARTS) is 2. The van der Waals surface area contributed by atoms with Crippen molar-refractivity contribution in [3.05, 3.63) is 41.2 Å². The number of aromatic nitrogens is 4. The van der Waals surface area contributed by atoms with Gasteiger partial charge in [0.2, 0.25) is 0 Å². The highest BCUT2D eigenvalue weighted by atomic mass is 16.4. The van der Waals surface area contributed by atoms with E-state index in [9.17, 15) is 9.59 Å². The van der Waals surface area contributed by atoms with Gasteiger partial charge in [0.05, 0.1) is 12.1 Å². The highest BCUT2D eigenvalue weighted by Gasteiger charge is 2.11. The first kappa shape index (κ1) is 12.7. The predicted octanol–water partition coefficient (Wildman–Crippen LogP) is 0.0467. The van der Waals surface area contributed by atoms with Gasteiger partial charge in [0.1, 0.15) is 6.42 Å². The van der Waals surface area contributed by atoms with E-state index in [1.165, 1.54) is 16.8 Å². The number of hydrogen-bond donors (Lipinski definition) is 2. The van der Waals surface area contributed by atoms with Gasteiger partial charge >= 0.3 is 11.9 Å². The first-order chi connectivity index (χ1) is 9.06. The van der Waals surface area contributed by atoms with Crippen LogP contribution in [0.15, 0.2) is 24.3 Å². The molecule has 0 saturated carbocycles.